The number of nitrogens with two attached hydrogens (primary N) is 1. The highest BCUT2D eigenvalue weighted by Gasteiger charge is 2.28. The number of thioether (sulfide) groups is 1. The Morgan fingerprint density at radius 3 is 2.97 bits per heavy atom. The Balaban J connectivity index is 1.25. The van der Waals surface area contributed by atoms with Crippen molar-refractivity contribution in [3.05, 3.63) is 51.6 Å². The number of ether oxygens (including phenoxy) is 1. The number of nitrogens with one attached hydrogen (secondary N) is 2. The van der Waals surface area contributed by atoms with Crippen molar-refractivity contribution in [3.8, 4) is 0 Å². The number of likely N-dealkylation sites (tertiary alicyclic amines) is 1. The number of amidine groups is 1. The third kappa shape index (κ3) is 5.08. The second kappa shape index (κ2) is 10.4. The molecule has 1 saturated heterocycles. The Kier molecular flexibility index (Phi) is 7.07. The van der Waals surface area contributed by atoms with E-state index in [1.807, 2.05) is 0 Å². The van der Waals surface area contributed by atoms with Gasteiger partial charge < -0.3 is 20.8 Å². The molecule has 1 aromatic heterocycles. The maximum absolute atomic E-state index is 12.7. The van der Waals surface area contributed by atoms with Crippen molar-refractivity contribution in [1.29, 1.82) is 0 Å². The van der Waals surface area contributed by atoms with Gasteiger partial charge in [-0.2, -0.15) is 0 Å². The highest BCUT2D eigenvalue weighted by atomic mass is 32.2. The molecule has 1 fully saturated rings. The lowest BCUT2D eigenvalue weighted by atomic mass is 10.1. The molecule has 0 amide bonds. The van der Waals surface area contributed by atoms with Crippen LogP contribution < -0.4 is 16.7 Å². The molecule has 0 saturated carbocycles. The summed E-state index contributed by atoms with van der Waals surface area (Å²) < 4.78 is 7.48. The molecule has 3 aliphatic rings. The van der Waals surface area contributed by atoms with Crippen LogP contribution in [-0.4, -0.2) is 63.2 Å². The molecule has 4 heterocycles. The van der Waals surface area contributed by atoms with Gasteiger partial charge in [0.15, 0.2) is 5.84 Å². The first kappa shape index (κ1) is 23.2. The van der Waals surface area contributed by atoms with Crippen LogP contribution in [0.2, 0.25) is 0 Å². The topological polar surface area (TPSA) is 113 Å². The number of aromatic amines is 1. The first-order valence-electron chi connectivity index (χ1n) is 12.2. The number of rotatable bonds is 9. The summed E-state index contributed by atoms with van der Waals surface area (Å²) in [5.74, 6) is 0.928. The van der Waals surface area contributed by atoms with Gasteiger partial charge in [-0.25, -0.2) is 9.79 Å². The predicted octanol–water partition coefficient (Wildman–Crippen LogP) is 2.57. The minimum absolute atomic E-state index is 0.163. The van der Waals surface area contributed by atoms with Gasteiger partial charge in [0.2, 0.25) is 6.35 Å². The molecule has 0 bridgehead atoms. The summed E-state index contributed by atoms with van der Waals surface area (Å²) in [4.78, 5) is 27.2. The van der Waals surface area contributed by atoms with Gasteiger partial charge in [0.05, 0.1) is 18.2 Å². The van der Waals surface area contributed by atoms with Gasteiger partial charge in [-0.15, -0.1) is 0 Å². The summed E-state index contributed by atoms with van der Waals surface area (Å²) >= 11 is 1.73. The number of unbranched alkanes of at least 4 members (excludes halogenated alkanes) is 1. The number of hydrogen-bond acceptors (Lipinski definition) is 8. The molecule has 4 N–H and O–H groups in total. The van der Waals surface area contributed by atoms with Gasteiger partial charge in [0.25, 0.3) is 0 Å². The molecule has 0 spiro atoms. The van der Waals surface area contributed by atoms with Gasteiger partial charge in [-0.05, 0) is 44.0 Å². The van der Waals surface area contributed by atoms with E-state index in [0.29, 0.717) is 31.2 Å². The fourth-order valence-electron chi connectivity index (χ4n) is 4.61. The van der Waals surface area contributed by atoms with Crippen molar-refractivity contribution >= 4 is 28.5 Å². The first-order chi connectivity index (χ1) is 16.6. The van der Waals surface area contributed by atoms with E-state index >= 15 is 0 Å². The summed E-state index contributed by atoms with van der Waals surface area (Å²) in [6.07, 6.45) is 3.99. The monoisotopic (exact) mass is 483 g/mol. The molecule has 2 unspecified atom stereocenters. The Labute approximate surface area is 203 Å². The van der Waals surface area contributed by atoms with Gasteiger partial charge >= 0.3 is 5.69 Å². The van der Waals surface area contributed by atoms with Crippen molar-refractivity contribution in [3.63, 3.8) is 0 Å². The summed E-state index contributed by atoms with van der Waals surface area (Å²) in [5.41, 5.74) is 8.93. The summed E-state index contributed by atoms with van der Waals surface area (Å²) in [7, 11) is 0. The van der Waals surface area contributed by atoms with E-state index in [1.54, 1.807) is 16.3 Å². The number of hydrogen-bond donors (Lipinski definition) is 3. The Hall–Kier alpha value is -2.56. The second-order valence-electron chi connectivity index (χ2n) is 9.07. The van der Waals surface area contributed by atoms with Gasteiger partial charge in [-0.3, -0.25) is 14.5 Å². The maximum Gasteiger partial charge on any atom is 0.327 e. The van der Waals surface area contributed by atoms with Crippen LogP contribution >= 0.6 is 11.8 Å². The van der Waals surface area contributed by atoms with Crippen LogP contribution in [0.15, 0.2) is 39.0 Å². The van der Waals surface area contributed by atoms with Crippen molar-refractivity contribution < 1.29 is 4.74 Å². The van der Waals surface area contributed by atoms with Crippen LogP contribution in [0.1, 0.15) is 49.4 Å². The lowest BCUT2D eigenvalue weighted by Crippen LogP contribution is -2.34. The van der Waals surface area contributed by atoms with E-state index in [4.69, 9.17) is 15.5 Å². The largest absolute Gasteiger partial charge is 0.382 e. The molecular weight excluding hydrogens is 450 g/mol. The fraction of sp³-hybridized carbons (Fsp3) is 0.542. The van der Waals surface area contributed by atoms with Crippen molar-refractivity contribution in [2.24, 2.45) is 15.7 Å². The van der Waals surface area contributed by atoms with Gasteiger partial charge in [-0.1, -0.05) is 43.3 Å². The summed E-state index contributed by atoms with van der Waals surface area (Å²) in [6, 6.07) is 8.70. The van der Waals surface area contributed by atoms with Crippen molar-refractivity contribution in [2.45, 2.75) is 57.3 Å². The molecule has 0 radical (unpaired) electrons. The molecule has 9 nitrogen and oxygen atoms in total. The quantitative estimate of drug-likeness (QED) is 0.473. The molecule has 3 aliphatic heterocycles. The Morgan fingerprint density at radius 1 is 1.29 bits per heavy atom. The standard InChI is InChI=1S/C24H33N7O2S/c1-2-3-11-33-23-28-20(25)19-21(29-23)31(24(32)27-19)15-18-13-26-22(34-18)17-8-6-7-16(12-17)14-30-9-4-5-10-30/h6-8,12,18,23,29H,2-5,9-11,13-15H2,1H3,(H2,25,28)(H,27,32). The van der Waals surface area contributed by atoms with Crippen LogP contribution in [0.25, 0.3) is 0 Å². The van der Waals surface area contributed by atoms with Crippen LogP contribution in [0.3, 0.4) is 0 Å². The highest BCUT2D eigenvalue weighted by molar-refractivity contribution is 8.15. The SMILES string of the molecule is CCCCOC1N=C(N)c2[nH]c(=O)n(CC3CN=C(c4cccc(CN5CCCC5)c4)S3)c2N1. The Bertz CT molecular complexity index is 1130. The number of anilines is 1. The summed E-state index contributed by atoms with van der Waals surface area (Å²) in [6.45, 7) is 7.26. The minimum atomic E-state index is -0.582. The molecule has 2 atom stereocenters. The van der Waals surface area contributed by atoms with Gasteiger partial charge in [0, 0.05) is 23.9 Å². The molecule has 2 aromatic rings. The molecule has 1 aromatic carbocycles. The number of fused-ring (bicyclic) bond motifs is 1. The minimum Gasteiger partial charge on any atom is -0.382 e. The summed E-state index contributed by atoms with van der Waals surface area (Å²) in [5, 5.41) is 4.43. The maximum atomic E-state index is 12.7. The zero-order valence-corrected chi connectivity index (χ0v) is 20.4. The molecule has 0 aliphatic carbocycles. The van der Waals surface area contributed by atoms with Crippen LogP contribution in [0, 0.1) is 0 Å². The first-order valence-corrected chi connectivity index (χ1v) is 13.1. The van der Waals surface area contributed by atoms with E-state index in [0.717, 1.165) is 30.0 Å². The normalized spacial score (nSPS) is 22.4. The lowest BCUT2D eigenvalue weighted by molar-refractivity contribution is 0.0749. The average Bonchev–Trinajstić information content (AvgIpc) is 3.57. The number of aliphatic imine (C=N–C) groups is 2. The van der Waals surface area contributed by atoms with Crippen molar-refractivity contribution in [1.82, 2.24) is 14.5 Å². The zero-order valence-electron chi connectivity index (χ0n) is 19.6. The fourth-order valence-corrected chi connectivity index (χ4v) is 5.72. The number of aromatic nitrogens is 2. The third-order valence-corrected chi connectivity index (χ3v) is 7.63. The van der Waals surface area contributed by atoms with Crippen LogP contribution in [0.4, 0.5) is 5.82 Å². The van der Waals surface area contributed by atoms with Crippen LogP contribution in [-0.2, 0) is 17.8 Å². The second-order valence-corrected chi connectivity index (χ2v) is 10.4. The smallest absolute Gasteiger partial charge is 0.327 e. The molecule has 34 heavy (non-hydrogen) atoms. The molecular formula is C24H33N7O2S. The van der Waals surface area contributed by atoms with E-state index < -0.39 is 6.35 Å². The zero-order chi connectivity index (χ0) is 23.5. The number of benzene rings is 1. The molecule has 182 valence electrons. The molecule has 5 rings (SSSR count). The van der Waals surface area contributed by atoms with E-state index in [1.165, 1.54) is 31.5 Å². The predicted molar refractivity (Wildman–Crippen MR) is 138 cm³/mol. The number of imidazole rings is 1. The molecule has 10 heteroatoms. The van der Waals surface area contributed by atoms with E-state index in [2.05, 4.69) is 51.4 Å². The average molecular weight is 484 g/mol. The highest BCUT2D eigenvalue weighted by Crippen LogP contribution is 2.29. The van der Waals surface area contributed by atoms with Crippen molar-refractivity contribution in [2.75, 3.05) is 31.6 Å². The lowest BCUT2D eigenvalue weighted by Gasteiger charge is -2.23. The third-order valence-electron chi connectivity index (χ3n) is 6.41. The number of nitrogens with zero attached hydrogens (tertiary/aromatic N) is 4. The number of H-pyrrole nitrogens is 1. The Morgan fingerprint density at radius 2 is 2.15 bits per heavy atom. The van der Waals surface area contributed by atoms with E-state index in [9.17, 15) is 4.79 Å². The van der Waals surface area contributed by atoms with Gasteiger partial charge in [0.1, 0.15) is 11.5 Å². The van der Waals surface area contributed by atoms with E-state index in [-0.39, 0.29) is 16.8 Å². The van der Waals surface area contributed by atoms with Crippen LogP contribution in [0.5, 0.6) is 0 Å².